The maximum atomic E-state index is 12.5. The molecule has 0 spiro atoms. The lowest BCUT2D eigenvalue weighted by Crippen LogP contribution is -2.70. The van der Waals surface area contributed by atoms with Crippen LogP contribution in [0, 0.1) is 0 Å². The van der Waals surface area contributed by atoms with Gasteiger partial charge in [0.1, 0.15) is 24.8 Å². The summed E-state index contributed by atoms with van der Waals surface area (Å²) in [4.78, 5) is 45.0. The Morgan fingerprint density at radius 1 is 1.45 bits per heavy atom. The molecule has 3 amide bonds. The minimum absolute atomic E-state index is 0.0503. The molecule has 3 rings (SSSR count). The largest absolute Gasteiger partial charge is 0.441 e. The van der Waals surface area contributed by atoms with E-state index in [1.54, 1.807) is 0 Å². The fraction of sp³-hybridized carbons (Fsp3) is 0.706. The Labute approximate surface area is 188 Å². The molecule has 0 saturated carbocycles. The number of nitrogens with two attached hydrogens (primary N) is 2. The fourth-order valence-corrected chi connectivity index (χ4v) is 4.00. The van der Waals surface area contributed by atoms with E-state index < -0.39 is 67.4 Å². The van der Waals surface area contributed by atoms with Gasteiger partial charge in [0.15, 0.2) is 24.3 Å². The standard InChI is InChI=1S/C17H28N8O8/c1-25(8(28)3-20-5-18)11-12(29)13(33-16(19)31)7(4-26)32-15(11)24-17-22-9-6(27)2-21-14(30)10(9)23-17/h5-7,9-13,15,26-27,29H,2-4H2,1H3,(H2,18,20)(H2,19,31)(H,21,30)(H2,22,23,24)/t6-,7?,9-,10+,11?,12?,13?,15?/m1/s1. The molecule has 0 aliphatic carbocycles. The molecule has 0 radical (unpaired) electrons. The molecule has 3 aliphatic heterocycles. The van der Waals surface area contributed by atoms with Gasteiger partial charge in [-0.15, -0.1) is 0 Å². The highest BCUT2D eigenvalue weighted by molar-refractivity contribution is 5.92. The second kappa shape index (κ2) is 10.2. The first kappa shape index (κ1) is 24.4. The van der Waals surface area contributed by atoms with Crippen molar-refractivity contribution in [1.82, 2.24) is 20.9 Å². The molecule has 0 aromatic rings. The average Bonchev–Trinajstić information content (AvgIpc) is 3.21. The first-order chi connectivity index (χ1) is 15.7. The van der Waals surface area contributed by atoms with Gasteiger partial charge in [0.25, 0.3) is 0 Å². The first-order valence-electron chi connectivity index (χ1n) is 10.1. The summed E-state index contributed by atoms with van der Waals surface area (Å²) in [6, 6.07) is -2.77. The maximum absolute atomic E-state index is 12.5. The van der Waals surface area contributed by atoms with E-state index in [9.17, 15) is 29.7 Å². The summed E-state index contributed by atoms with van der Waals surface area (Å²) in [5.41, 5.74) is 10.3. The summed E-state index contributed by atoms with van der Waals surface area (Å²) in [7, 11) is 1.36. The molecule has 2 fully saturated rings. The number of ether oxygens (including phenoxy) is 2. The van der Waals surface area contributed by atoms with Crippen molar-refractivity contribution in [3.63, 3.8) is 0 Å². The van der Waals surface area contributed by atoms with E-state index in [1.807, 2.05) is 0 Å². The van der Waals surface area contributed by atoms with Crippen LogP contribution in [0.4, 0.5) is 4.79 Å². The number of amides is 3. The number of likely N-dealkylation sites (N-methyl/N-ethyl adjacent to an activating group) is 1. The molecular formula is C17H28N8O8. The molecule has 16 heteroatoms. The number of hydrogen-bond donors (Lipinski definition) is 8. The minimum Gasteiger partial charge on any atom is -0.441 e. The molecule has 8 atom stereocenters. The highest BCUT2D eigenvalue weighted by atomic mass is 16.6. The summed E-state index contributed by atoms with van der Waals surface area (Å²) < 4.78 is 10.7. The minimum atomic E-state index is -1.55. The van der Waals surface area contributed by atoms with Crippen LogP contribution in [-0.4, -0.2) is 126 Å². The second-order valence-electron chi connectivity index (χ2n) is 7.70. The molecule has 33 heavy (non-hydrogen) atoms. The lowest BCUT2D eigenvalue weighted by atomic mass is 9.94. The Morgan fingerprint density at radius 2 is 2.18 bits per heavy atom. The molecule has 3 aliphatic rings. The second-order valence-corrected chi connectivity index (χ2v) is 7.70. The van der Waals surface area contributed by atoms with Crippen LogP contribution >= 0.6 is 0 Å². The number of nitrogens with one attached hydrogen (secondary N) is 3. The number of guanidine groups is 1. The van der Waals surface area contributed by atoms with Crippen molar-refractivity contribution in [1.29, 1.82) is 0 Å². The van der Waals surface area contributed by atoms with E-state index in [0.717, 1.165) is 11.2 Å². The molecule has 5 unspecified atom stereocenters. The van der Waals surface area contributed by atoms with Crippen LogP contribution in [0.15, 0.2) is 9.98 Å². The zero-order valence-electron chi connectivity index (χ0n) is 17.7. The third kappa shape index (κ3) is 5.08. The van der Waals surface area contributed by atoms with Gasteiger partial charge in [-0.2, -0.15) is 0 Å². The van der Waals surface area contributed by atoms with E-state index in [-0.39, 0.29) is 25.0 Å². The molecule has 16 nitrogen and oxygen atoms in total. The highest BCUT2D eigenvalue weighted by Crippen LogP contribution is 2.26. The van der Waals surface area contributed by atoms with E-state index in [4.69, 9.17) is 20.9 Å². The Hall–Kier alpha value is -3.21. The number of β-amino-alcohol motifs (C(OH)–C–C–N with tert-alkyl or cyclic N) is 1. The maximum Gasteiger partial charge on any atom is 0.404 e. The van der Waals surface area contributed by atoms with Gasteiger partial charge in [-0.05, 0) is 0 Å². The number of aliphatic imine (C=N–C) groups is 2. The quantitative estimate of drug-likeness (QED) is 0.133. The topological polar surface area (TPSA) is 246 Å². The number of piperidine rings is 1. The Balaban J connectivity index is 1.86. The van der Waals surface area contributed by atoms with E-state index in [0.29, 0.717) is 0 Å². The summed E-state index contributed by atoms with van der Waals surface area (Å²) >= 11 is 0. The number of rotatable bonds is 6. The lowest BCUT2D eigenvalue weighted by molar-refractivity contribution is -0.214. The fourth-order valence-electron chi connectivity index (χ4n) is 4.00. The molecule has 0 aromatic carbocycles. The molecule has 184 valence electrons. The number of primary amides is 1. The van der Waals surface area contributed by atoms with Crippen LogP contribution < -0.4 is 27.4 Å². The van der Waals surface area contributed by atoms with Crippen molar-refractivity contribution in [3.05, 3.63) is 0 Å². The predicted octanol–water partition coefficient (Wildman–Crippen LogP) is -5.88. The Kier molecular flexibility index (Phi) is 7.52. The molecule has 0 bridgehead atoms. The smallest absolute Gasteiger partial charge is 0.404 e. The predicted molar refractivity (Wildman–Crippen MR) is 111 cm³/mol. The Morgan fingerprint density at radius 3 is 2.79 bits per heavy atom. The van der Waals surface area contributed by atoms with E-state index >= 15 is 0 Å². The average molecular weight is 472 g/mol. The molecule has 0 aromatic heterocycles. The third-order valence-corrected chi connectivity index (χ3v) is 5.65. The van der Waals surface area contributed by atoms with Crippen LogP contribution in [0.1, 0.15) is 0 Å². The summed E-state index contributed by atoms with van der Waals surface area (Å²) in [6.07, 6.45) is -6.49. The van der Waals surface area contributed by atoms with Crippen molar-refractivity contribution in [2.75, 3.05) is 26.7 Å². The highest BCUT2D eigenvalue weighted by Gasteiger charge is 2.51. The van der Waals surface area contributed by atoms with Crippen molar-refractivity contribution in [2.24, 2.45) is 21.5 Å². The van der Waals surface area contributed by atoms with Crippen LogP contribution in [-0.2, 0) is 19.1 Å². The van der Waals surface area contributed by atoms with Gasteiger partial charge in [0, 0.05) is 13.6 Å². The third-order valence-electron chi connectivity index (χ3n) is 5.65. The van der Waals surface area contributed by atoms with Gasteiger partial charge >= 0.3 is 6.09 Å². The number of fused-ring (bicyclic) bond motifs is 1. The lowest BCUT2D eigenvalue weighted by Gasteiger charge is -2.46. The molecule has 2 saturated heterocycles. The number of nitrogens with zero attached hydrogens (tertiary/aromatic N) is 3. The number of carbonyl (C=O) groups excluding carboxylic acids is 3. The zero-order chi connectivity index (χ0) is 24.3. The number of carbonyl (C=O) groups is 3. The molecular weight excluding hydrogens is 444 g/mol. The van der Waals surface area contributed by atoms with Crippen LogP contribution in [0.3, 0.4) is 0 Å². The summed E-state index contributed by atoms with van der Waals surface area (Å²) in [6.45, 7) is -0.931. The van der Waals surface area contributed by atoms with Crippen molar-refractivity contribution < 1.29 is 39.2 Å². The van der Waals surface area contributed by atoms with E-state index in [1.165, 1.54) is 7.05 Å². The Bertz CT molecular complexity index is 825. The van der Waals surface area contributed by atoms with Gasteiger partial charge < -0.3 is 57.1 Å². The number of hydrogen-bond acceptors (Lipinski definition) is 12. The monoisotopic (exact) mass is 472 g/mol. The van der Waals surface area contributed by atoms with E-state index in [2.05, 4.69) is 25.9 Å². The zero-order valence-corrected chi connectivity index (χ0v) is 17.7. The van der Waals surface area contributed by atoms with Gasteiger partial charge in [-0.3, -0.25) is 14.6 Å². The summed E-state index contributed by atoms with van der Waals surface area (Å²) in [5.74, 6) is -0.873. The first-order valence-corrected chi connectivity index (χ1v) is 10.1. The van der Waals surface area contributed by atoms with Crippen molar-refractivity contribution >= 4 is 30.2 Å². The number of aliphatic hydroxyl groups excluding tert-OH is 3. The molecule has 10 N–H and O–H groups in total. The van der Waals surface area contributed by atoms with Crippen LogP contribution in [0.5, 0.6) is 0 Å². The number of aliphatic hydroxyl groups is 3. The van der Waals surface area contributed by atoms with Gasteiger partial charge in [0.2, 0.25) is 11.8 Å². The van der Waals surface area contributed by atoms with Gasteiger partial charge in [-0.25, -0.2) is 9.79 Å². The van der Waals surface area contributed by atoms with Gasteiger partial charge in [-0.1, -0.05) is 0 Å². The van der Waals surface area contributed by atoms with Crippen molar-refractivity contribution in [3.8, 4) is 0 Å². The van der Waals surface area contributed by atoms with Crippen LogP contribution in [0.2, 0.25) is 0 Å². The SMILES string of the molecule is CN(C(=O)CN=CN)C1C(NC2=N[C@@H]3C(=O)NC[C@@H](O)[C@H]3N2)OC(CO)C(OC(N)=O)C1O. The molecule has 3 heterocycles. The van der Waals surface area contributed by atoms with Gasteiger partial charge in [0.05, 0.1) is 25.1 Å². The normalized spacial score (nSPS) is 35.8. The van der Waals surface area contributed by atoms with Crippen LogP contribution in [0.25, 0.3) is 0 Å². The van der Waals surface area contributed by atoms with Crippen molar-refractivity contribution in [2.45, 2.75) is 48.8 Å². The summed E-state index contributed by atoms with van der Waals surface area (Å²) in [5, 5.41) is 39.1.